The molecule has 3 heteroatoms. The molecular formula is C17H27NO2. The Morgan fingerprint density at radius 1 is 1.10 bits per heavy atom. The standard InChI is InChI=1S/C17H27NO2/c1-15(2)16(3)9-10-17(15,11-13(16)19)14(20)18-12-7-5-4-6-8-12/h12H,4-11H2,1-3H3,(H,18,20). The lowest BCUT2D eigenvalue weighted by Crippen LogP contribution is -2.50. The fourth-order valence-corrected chi connectivity index (χ4v) is 4.93. The average Bonchev–Trinajstić information content (AvgIpc) is 2.70. The second-order valence-corrected chi connectivity index (χ2v) is 7.95. The molecule has 0 saturated heterocycles. The summed E-state index contributed by atoms with van der Waals surface area (Å²) in [5.74, 6) is 0.455. The maximum absolute atomic E-state index is 12.9. The third-order valence-electron chi connectivity index (χ3n) is 7.08. The quantitative estimate of drug-likeness (QED) is 0.842. The maximum Gasteiger partial charge on any atom is 0.227 e. The van der Waals surface area contributed by atoms with E-state index in [1.165, 1.54) is 19.3 Å². The lowest BCUT2D eigenvalue weighted by Gasteiger charge is -2.39. The van der Waals surface area contributed by atoms with Crippen LogP contribution in [0.1, 0.15) is 72.1 Å². The highest BCUT2D eigenvalue weighted by molar-refractivity contribution is 5.99. The van der Waals surface area contributed by atoms with Crippen LogP contribution in [0.15, 0.2) is 0 Å². The van der Waals surface area contributed by atoms with Crippen molar-refractivity contribution in [3.05, 3.63) is 0 Å². The van der Waals surface area contributed by atoms with E-state index in [2.05, 4.69) is 26.1 Å². The molecule has 3 fully saturated rings. The monoisotopic (exact) mass is 277 g/mol. The highest BCUT2D eigenvalue weighted by Crippen LogP contribution is 2.70. The van der Waals surface area contributed by atoms with E-state index < -0.39 is 5.41 Å². The van der Waals surface area contributed by atoms with Gasteiger partial charge in [0, 0.05) is 17.9 Å². The molecule has 0 aromatic carbocycles. The van der Waals surface area contributed by atoms with E-state index in [-0.39, 0.29) is 16.7 Å². The molecular weight excluding hydrogens is 250 g/mol. The summed E-state index contributed by atoms with van der Waals surface area (Å²) in [6, 6.07) is 0.337. The Kier molecular flexibility index (Phi) is 3.04. The number of amides is 1. The molecule has 3 nitrogen and oxygen atoms in total. The molecule has 112 valence electrons. The van der Waals surface area contributed by atoms with Crippen LogP contribution in [-0.2, 0) is 9.59 Å². The lowest BCUT2D eigenvalue weighted by atomic mass is 9.64. The third-order valence-corrected chi connectivity index (χ3v) is 7.08. The van der Waals surface area contributed by atoms with Crippen LogP contribution in [0, 0.1) is 16.2 Å². The molecule has 0 aromatic rings. The topological polar surface area (TPSA) is 46.2 Å². The van der Waals surface area contributed by atoms with Gasteiger partial charge in [-0.25, -0.2) is 0 Å². The SMILES string of the molecule is CC12CCC(C(=O)NC3CCCCC3)(CC1=O)C2(C)C. The number of hydrogen-bond donors (Lipinski definition) is 1. The zero-order valence-corrected chi connectivity index (χ0v) is 13.1. The number of nitrogens with one attached hydrogen (secondary N) is 1. The molecule has 2 atom stereocenters. The summed E-state index contributed by atoms with van der Waals surface area (Å²) in [7, 11) is 0. The highest BCUT2D eigenvalue weighted by Gasteiger charge is 2.72. The summed E-state index contributed by atoms with van der Waals surface area (Å²) >= 11 is 0. The summed E-state index contributed by atoms with van der Waals surface area (Å²) in [5, 5.41) is 3.28. The highest BCUT2D eigenvalue weighted by atomic mass is 16.2. The Morgan fingerprint density at radius 2 is 1.75 bits per heavy atom. The predicted molar refractivity (Wildman–Crippen MR) is 78.2 cm³/mol. The molecule has 0 radical (unpaired) electrons. The van der Waals surface area contributed by atoms with Crippen molar-refractivity contribution < 1.29 is 9.59 Å². The predicted octanol–water partition coefficient (Wildman–Crippen LogP) is 3.22. The molecule has 2 unspecified atom stereocenters. The average molecular weight is 277 g/mol. The van der Waals surface area contributed by atoms with Crippen molar-refractivity contribution in [1.29, 1.82) is 0 Å². The first kappa shape index (κ1) is 14.1. The minimum Gasteiger partial charge on any atom is -0.353 e. The van der Waals surface area contributed by atoms with Crippen LogP contribution in [0.5, 0.6) is 0 Å². The number of Topliss-reactive ketones (excluding diaryl/α,β-unsaturated/α-hetero) is 1. The Balaban J connectivity index is 1.82. The van der Waals surface area contributed by atoms with Crippen LogP contribution in [-0.4, -0.2) is 17.7 Å². The van der Waals surface area contributed by atoms with E-state index in [9.17, 15) is 9.59 Å². The van der Waals surface area contributed by atoms with E-state index >= 15 is 0 Å². The molecule has 2 bridgehead atoms. The molecule has 0 aliphatic heterocycles. The van der Waals surface area contributed by atoms with Gasteiger partial charge < -0.3 is 5.32 Å². The largest absolute Gasteiger partial charge is 0.353 e. The van der Waals surface area contributed by atoms with Gasteiger partial charge in [0.25, 0.3) is 0 Å². The van der Waals surface area contributed by atoms with Crippen molar-refractivity contribution >= 4 is 11.7 Å². The Bertz CT molecular complexity index is 450. The van der Waals surface area contributed by atoms with Gasteiger partial charge in [0.05, 0.1) is 5.41 Å². The van der Waals surface area contributed by atoms with Crippen LogP contribution in [0.4, 0.5) is 0 Å². The van der Waals surface area contributed by atoms with Crippen LogP contribution < -0.4 is 5.32 Å². The van der Waals surface area contributed by atoms with Crippen LogP contribution in [0.2, 0.25) is 0 Å². The van der Waals surface area contributed by atoms with Crippen molar-refractivity contribution in [2.45, 2.75) is 78.2 Å². The number of carbonyl (C=O) groups excluding carboxylic acids is 2. The molecule has 1 amide bonds. The molecule has 3 aliphatic rings. The molecule has 0 aromatic heterocycles. The number of ketones is 1. The Morgan fingerprint density at radius 3 is 2.25 bits per heavy atom. The van der Waals surface area contributed by atoms with Gasteiger partial charge in [0.2, 0.25) is 5.91 Å². The summed E-state index contributed by atoms with van der Waals surface area (Å²) in [4.78, 5) is 25.3. The molecule has 0 spiro atoms. The molecule has 20 heavy (non-hydrogen) atoms. The van der Waals surface area contributed by atoms with Gasteiger partial charge in [0.1, 0.15) is 5.78 Å². The van der Waals surface area contributed by atoms with Crippen molar-refractivity contribution in [2.24, 2.45) is 16.2 Å². The smallest absolute Gasteiger partial charge is 0.227 e. The van der Waals surface area contributed by atoms with Gasteiger partial charge in [-0.3, -0.25) is 9.59 Å². The van der Waals surface area contributed by atoms with E-state index in [1.807, 2.05) is 0 Å². The zero-order chi connectivity index (χ0) is 14.6. The van der Waals surface area contributed by atoms with Crippen molar-refractivity contribution in [2.75, 3.05) is 0 Å². The summed E-state index contributed by atoms with van der Waals surface area (Å²) in [6.45, 7) is 6.33. The van der Waals surface area contributed by atoms with Crippen molar-refractivity contribution in [1.82, 2.24) is 5.32 Å². The second kappa shape index (κ2) is 4.32. The van der Waals surface area contributed by atoms with Crippen molar-refractivity contribution in [3.8, 4) is 0 Å². The van der Waals surface area contributed by atoms with E-state index in [4.69, 9.17) is 0 Å². The van der Waals surface area contributed by atoms with Crippen LogP contribution in [0.25, 0.3) is 0 Å². The first-order valence-corrected chi connectivity index (χ1v) is 8.18. The number of rotatable bonds is 2. The Hall–Kier alpha value is -0.860. The molecule has 3 aliphatic carbocycles. The summed E-state index contributed by atoms with van der Waals surface area (Å²) < 4.78 is 0. The van der Waals surface area contributed by atoms with Gasteiger partial charge in [0.15, 0.2) is 0 Å². The molecule has 1 N–H and O–H groups in total. The Labute approximate surface area is 121 Å². The number of carbonyl (C=O) groups is 2. The summed E-state index contributed by atoms with van der Waals surface area (Å²) in [5.41, 5.74) is -0.955. The van der Waals surface area contributed by atoms with Gasteiger partial charge in [-0.15, -0.1) is 0 Å². The lowest BCUT2D eigenvalue weighted by molar-refractivity contribution is -0.137. The second-order valence-electron chi connectivity index (χ2n) is 7.95. The summed E-state index contributed by atoms with van der Waals surface area (Å²) in [6.07, 6.45) is 8.14. The van der Waals surface area contributed by atoms with Gasteiger partial charge in [-0.05, 0) is 31.1 Å². The minimum atomic E-state index is -0.448. The maximum atomic E-state index is 12.9. The van der Waals surface area contributed by atoms with E-state index in [0.29, 0.717) is 18.2 Å². The minimum absolute atomic E-state index is 0.156. The van der Waals surface area contributed by atoms with Gasteiger partial charge in [-0.2, -0.15) is 0 Å². The van der Waals surface area contributed by atoms with Crippen molar-refractivity contribution in [3.63, 3.8) is 0 Å². The third kappa shape index (κ3) is 1.58. The zero-order valence-electron chi connectivity index (χ0n) is 13.1. The number of fused-ring (bicyclic) bond motifs is 2. The molecule has 3 rings (SSSR count). The van der Waals surface area contributed by atoms with E-state index in [1.54, 1.807) is 0 Å². The number of hydrogen-bond acceptors (Lipinski definition) is 2. The van der Waals surface area contributed by atoms with Gasteiger partial charge >= 0.3 is 0 Å². The first-order chi connectivity index (χ1) is 9.33. The fourth-order valence-electron chi connectivity index (χ4n) is 4.93. The van der Waals surface area contributed by atoms with Crippen LogP contribution >= 0.6 is 0 Å². The van der Waals surface area contributed by atoms with Crippen LogP contribution in [0.3, 0.4) is 0 Å². The normalized spacial score (nSPS) is 40.0. The molecule has 3 saturated carbocycles. The fraction of sp³-hybridized carbons (Fsp3) is 0.882. The van der Waals surface area contributed by atoms with E-state index in [0.717, 1.165) is 25.7 Å². The first-order valence-electron chi connectivity index (χ1n) is 8.18. The molecule has 0 heterocycles. The van der Waals surface area contributed by atoms with Gasteiger partial charge in [-0.1, -0.05) is 40.0 Å².